The van der Waals surface area contributed by atoms with Crippen molar-refractivity contribution in [2.45, 2.75) is 78.8 Å². The number of unbranched alkanes of at least 4 members (excludes halogenated alkanes) is 1. The second kappa shape index (κ2) is 18.1. The Morgan fingerprint density at radius 3 is 1.62 bits per heavy atom. The Bertz CT molecular complexity index is 850. The summed E-state index contributed by atoms with van der Waals surface area (Å²) in [6.07, 6.45) is 4.29. The van der Waals surface area contributed by atoms with Crippen LogP contribution in [0.25, 0.3) is 0 Å². The average Bonchev–Trinajstić information content (AvgIpc) is 2.88. The van der Waals surface area contributed by atoms with Crippen LogP contribution in [0.15, 0.2) is 0 Å². The highest BCUT2D eigenvalue weighted by Gasteiger charge is 2.33. The number of carboxylic acids is 2. The molecule has 13 heteroatoms. The maximum atomic E-state index is 11.9. The lowest BCUT2D eigenvalue weighted by molar-refractivity contribution is -0.145. The molecule has 0 aliphatic carbocycles. The molecule has 2 saturated heterocycles. The first kappa shape index (κ1) is 35.5. The number of thiocarbonyl (C=S) groups is 2. The number of hydrogen-bond acceptors (Lipinski definition) is 9. The number of aliphatic carboxylic acids is 2. The molecule has 2 unspecified atom stereocenters. The third kappa shape index (κ3) is 11.9. The van der Waals surface area contributed by atoms with Gasteiger partial charge in [0.15, 0.2) is 0 Å². The zero-order valence-corrected chi connectivity index (χ0v) is 28.1. The molecule has 0 aromatic carbocycles. The van der Waals surface area contributed by atoms with Crippen LogP contribution in [0.1, 0.15) is 66.7 Å². The van der Waals surface area contributed by atoms with Crippen LogP contribution in [0.3, 0.4) is 0 Å². The topological polar surface area (TPSA) is 90.8 Å². The minimum Gasteiger partial charge on any atom is -0.480 e. The first-order valence-corrected chi connectivity index (χ1v) is 17.2. The summed E-state index contributed by atoms with van der Waals surface area (Å²) in [6.45, 7) is 16.2. The Morgan fingerprint density at radius 1 is 0.800 bits per heavy atom. The number of carbonyl (C=O) groups is 2. The molecular weight excluding hydrogens is 587 g/mol. The van der Waals surface area contributed by atoms with Gasteiger partial charge in [-0.05, 0) is 63.6 Å². The number of carboxylic acid groups (broad SMARTS) is 2. The van der Waals surface area contributed by atoms with Gasteiger partial charge in [0.2, 0.25) is 0 Å². The molecule has 0 saturated carbocycles. The Labute approximate surface area is 260 Å². The van der Waals surface area contributed by atoms with Crippen molar-refractivity contribution in [3.05, 3.63) is 0 Å². The van der Waals surface area contributed by atoms with E-state index < -0.39 is 24.0 Å². The van der Waals surface area contributed by atoms with Crippen LogP contribution in [-0.4, -0.2) is 125 Å². The predicted molar refractivity (Wildman–Crippen MR) is 175 cm³/mol. The van der Waals surface area contributed by atoms with Crippen molar-refractivity contribution >= 4 is 68.5 Å². The smallest absolute Gasteiger partial charge is 0.321 e. The predicted octanol–water partition coefficient (Wildman–Crippen LogP) is 4.58. The van der Waals surface area contributed by atoms with Gasteiger partial charge >= 0.3 is 11.9 Å². The molecule has 0 amide bonds. The SMILES string of the molecule is CCN(CCCCN1CN(C(CC(C)C)C(=O)O)CSC1=S)CCCN1CN(C(CC(C)C)C(=O)O)CSC1=S. The van der Waals surface area contributed by atoms with E-state index in [-0.39, 0.29) is 0 Å². The molecule has 2 fully saturated rings. The molecule has 0 aromatic heterocycles. The molecular formula is C27H49N5O4S4. The molecule has 230 valence electrons. The monoisotopic (exact) mass is 635 g/mol. The third-order valence-electron chi connectivity index (χ3n) is 7.27. The summed E-state index contributed by atoms with van der Waals surface area (Å²) >= 11 is 14.3. The molecule has 2 atom stereocenters. The van der Waals surface area contributed by atoms with Crippen molar-refractivity contribution in [2.24, 2.45) is 11.8 Å². The summed E-state index contributed by atoms with van der Waals surface area (Å²) < 4.78 is 1.72. The van der Waals surface area contributed by atoms with Crippen molar-refractivity contribution in [3.8, 4) is 0 Å². The van der Waals surface area contributed by atoms with Crippen LogP contribution >= 0.6 is 48.0 Å². The quantitative estimate of drug-likeness (QED) is 0.163. The van der Waals surface area contributed by atoms with E-state index in [0.717, 1.165) is 60.6 Å². The van der Waals surface area contributed by atoms with Crippen LogP contribution in [-0.2, 0) is 9.59 Å². The fourth-order valence-electron chi connectivity index (χ4n) is 5.05. The minimum atomic E-state index is -0.756. The molecule has 40 heavy (non-hydrogen) atoms. The molecule has 9 nitrogen and oxygen atoms in total. The fraction of sp³-hybridized carbons (Fsp3) is 0.852. The second-order valence-electron chi connectivity index (χ2n) is 11.5. The Balaban J connectivity index is 1.76. The summed E-state index contributed by atoms with van der Waals surface area (Å²) in [6, 6.07) is -0.953. The van der Waals surface area contributed by atoms with Gasteiger partial charge in [0.1, 0.15) is 20.7 Å². The van der Waals surface area contributed by atoms with Crippen molar-refractivity contribution in [3.63, 3.8) is 0 Å². The maximum absolute atomic E-state index is 11.9. The number of thioether (sulfide) groups is 2. The minimum absolute atomic E-state index is 0.321. The zero-order valence-electron chi connectivity index (χ0n) is 24.8. The molecule has 2 heterocycles. The lowest BCUT2D eigenvalue weighted by Gasteiger charge is -2.40. The molecule has 0 radical (unpaired) electrons. The van der Waals surface area contributed by atoms with E-state index in [4.69, 9.17) is 24.4 Å². The maximum Gasteiger partial charge on any atom is 0.321 e. The van der Waals surface area contributed by atoms with Crippen LogP contribution in [0, 0.1) is 11.8 Å². The van der Waals surface area contributed by atoms with Gasteiger partial charge in [-0.15, -0.1) is 0 Å². The zero-order chi connectivity index (χ0) is 29.8. The third-order valence-corrected chi connectivity index (χ3v) is 10.4. The molecule has 0 aromatic rings. The summed E-state index contributed by atoms with van der Waals surface area (Å²) in [5, 5.41) is 19.5. The van der Waals surface area contributed by atoms with E-state index in [0.29, 0.717) is 49.8 Å². The van der Waals surface area contributed by atoms with Gasteiger partial charge in [-0.25, -0.2) is 0 Å². The molecule has 0 spiro atoms. The van der Waals surface area contributed by atoms with Gasteiger partial charge in [0.05, 0.1) is 25.1 Å². The molecule has 2 aliphatic rings. The standard InChI is InChI=1S/C27H49N5O4S4/c1-6-28(11-9-13-30-17-32(19-40-27(30)38)23(25(35)36)15-21(4)5)10-7-8-12-29-16-31(18-39-26(29)37)22(24(33)34)14-20(2)3/h20-23H,6-19H2,1-5H3,(H,33,34)(H,35,36). The lowest BCUT2D eigenvalue weighted by atomic mass is 10.0. The summed E-state index contributed by atoms with van der Waals surface area (Å²) in [7, 11) is 0. The van der Waals surface area contributed by atoms with Gasteiger partial charge in [0.25, 0.3) is 0 Å². The van der Waals surface area contributed by atoms with E-state index >= 15 is 0 Å². The van der Waals surface area contributed by atoms with Gasteiger partial charge in [-0.2, -0.15) is 0 Å². The Kier molecular flexibility index (Phi) is 16.0. The molecule has 2 aliphatic heterocycles. The normalized spacial score (nSPS) is 19.2. The van der Waals surface area contributed by atoms with E-state index in [1.165, 1.54) is 0 Å². The highest BCUT2D eigenvalue weighted by molar-refractivity contribution is 8.23. The number of nitrogens with zero attached hydrogens (tertiary/aromatic N) is 5. The molecule has 2 N–H and O–H groups in total. The van der Waals surface area contributed by atoms with E-state index in [9.17, 15) is 19.8 Å². The first-order chi connectivity index (χ1) is 18.9. The Morgan fingerprint density at radius 2 is 1.23 bits per heavy atom. The van der Waals surface area contributed by atoms with E-state index in [2.05, 4.69) is 49.3 Å². The van der Waals surface area contributed by atoms with Crippen molar-refractivity contribution in [1.82, 2.24) is 24.5 Å². The summed E-state index contributed by atoms with van der Waals surface area (Å²) in [4.78, 5) is 34.6. The average molecular weight is 636 g/mol. The number of hydrogen-bond donors (Lipinski definition) is 2. The number of rotatable bonds is 18. The largest absolute Gasteiger partial charge is 0.480 e. The van der Waals surface area contributed by atoms with Gasteiger partial charge in [-0.1, -0.05) is 82.6 Å². The lowest BCUT2D eigenvalue weighted by Crippen LogP contribution is -2.52. The fourth-order valence-corrected chi connectivity index (χ4v) is 7.41. The van der Waals surface area contributed by atoms with Crippen LogP contribution in [0.4, 0.5) is 0 Å². The van der Waals surface area contributed by atoms with Crippen LogP contribution in [0.5, 0.6) is 0 Å². The van der Waals surface area contributed by atoms with Crippen molar-refractivity contribution in [1.29, 1.82) is 0 Å². The summed E-state index contributed by atoms with van der Waals surface area (Å²) in [5.74, 6) is 0.395. The highest BCUT2D eigenvalue weighted by atomic mass is 32.2. The van der Waals surface area contributed by atoms with Crippen molar-refractivity contribution in [2.75, 3.05) is 57.8 Å². The van der Waals surface area contributed by atoms with Crippen molar-refractivity contribution < 1.29 is 19.8 Å². The van der Waals surface area contributed by atoms with Crippen LogP contribution < -0.4 is 0 Å². The summed E-state index contributed by atoms with van der Waals surface area (Å²) in [5.41, 5.74) is 0. The molecule has 2 rings (SSSR count). The highest BCUT2D eigenvalue weighted by Crippen LogP contribution is 2.25. The van der Waals surface area contributed by atoms with E-state index in [1.807, 2.05) is 9.80 Å². The second-order valence-corrected chi connectivity index (χ2v) is 14.7. The van der Waals surface area contributed by atoms with Gasteiger partial charge in [-0.3, -0.25) is 19.4 Å². The van der Waals surface area contributed by atoms with Gasteiger partial charge in [0, 0.05) is 13.1 Å². The molecule has 0 bridgehead atoms. The first-order valence-electron chi connectivity index (χ1n) is 14.4. The van der Waals surface area contributed by atoms with Gasteiger partial charge < -0.3 is 24.9 Å². The Hall–Kier alpha value is -0.700. The van der Waals surface area contributed by atoms with E-state index in [1.54, 1.807) is 23.5 Å². The van der Waals surface area contributed by atoms with Crippen LogP contribution in [0.2, 0.25) is 0 Å².